The largest absolute Gasteiger partial charge is 0.502 e. The van der Waals surface area contributed by atoms with E-state index >= 15 is 0 Å². The van der Waals surface area contributed by atoms with Crippen LogP contribution in [0.4, 0.5) is 0 Å². The fraction of sp³-hybridized carbons (Fsp3) is 0.625. The maximum absolute atomic E-state index is 9.92. The summed E-state index contributed by atoms with van der Waals surface area (Å²) in [7, 11) is 5.21. The summed E-state index contributed by atoms with van der Waals surface area (Å²) in [5, 5.41) is 9.92. The fourth-order valence-electron chi connectivity index (χ4n) is 2.75. The summed E-state index contributed by atoms with van der Waals surface area (Å²) in [4.78, 5) is 4.79. The molecule has 1 saturated heterocycles. The van der Waals surface area contributed by atoms with Crippen LogP contribution < -0.4 is 9.47 Å². The first-order valence-corrected chi connectivity index (χ1v) is 7.48. The molecular weight excluding hydrogens is 268 g/mol. The van der Waals surface area contributed by atoms with Crippen LogP contribution in [0.25, 0.3) is 0 Å². The van der Waals surface area contributed by atoms with Gasteiger partial charge in [-0.3, -0.25) is 0 Å². The molecule has 1 aromatic rings. The van der Waals surface area contributed by atoms with Crippen molar-refractivity contribution in [2.75, 3.05) is 47.4 Å². The SMILES string of the molecule is COc1cc(CN(C)CCN2CCCC2)cc(OC)c1O. The van der Waals surface area contributed by atoms with Crippen LogP contribution in [0, 0.1) is 0 Å². The number of rotatable bonds is 7. The van der Waals surface area contributed by atoms with Gasteiger partial charge in [-0.2, -0.15) is 0 Å². The molecule has 0 aromatic heterocycles. The quantitative estimate of drug-likeness (QED) is 0.832. The predicted molar refractivity (Wildman–Crippen MR) is 83.2 cm³/mol. The second-order valence-electron chi connectivity index (χ2n) is 5.64. The third-order valence-electron chi connectivity index (χ3n) is 3.99. The number of methoxy groups -OCH3 is 2. The summed E-state index contributed by atoms with van der Waals surface area (Å²) in [6.45, 7) is 5.42. The third-order valence-corrected chi connectivity index (χ3v) is 3.99. The highest BCUT2D eigenvalue weighted by Crippen LogP contribution is 2.37. The third kappa shape index (κ3) is 4.25. The van der Waals surface area contributed by atoms with Gasteiger partial charge in [0, 0.05) is 19.6 Å². The highest BCUT2D eigenvalue weighted by atomic mass is 16.5. The van der Waals surface area contributed by atoms with Crippen molar-refractivity contribution in [3.8, 4) is 17.2 Å². The van der Waals surface area contributed by atoms with Gasteiger partial charge in [-0.25, -0.2) is 0 Å². The molecule has 118 valence electrons. The van der Waals surface area contributed by atoms with Crippen molar-refractivity contribution < 1.29 is 14.6 Å². The van der Waals surface area contributed by atoms with Crippen LogP contribution in [-0.4, -0.2) is 62.4 Å². The first kappa shape index (κ1) is 15.9. The molecule has 1 N–H and O–H groups in total. The summed E-state index contributed by atoms with van der Waals surface area (Å²) in [5.74, 6) is 0.970. The minimum absolute atomic E-state index is 0.0588. The van der Waals surface area contributed by atoms with E-state index in [0.717, 1.165) is 25.2 Å². The molecule has 1 aromatic carbocycles. The Kier molecular flexibility index (Phi) is 5.70. The van der Waals surface area contributed by atoms with E-state index in [4.69, 9.17) is 9.47 Å². The standard InChI is InChI=1S/C16H26N2O3/c1-17(8-9-18-6-4-5-7-18)12-13-10-14(20-2)16(19)15(11-13)21-3/h10-11,19H,4-9,12H2,1-3H3. The molecule has 0 amide bonds. The van der Waals surface area contributed by atoms with Gasteiger partial charge in [-0.1, -0.05) is 0 Å². The molecule has 1 heterocycles. The van der Waals surface area contributed by atoms with Gasteiger partial charge in [-0.05, 0) is 50.7 Å². The predicted octanol–water partition coefficient (Wildman–Crippen LogP) is 1.94. The van der Waals surface area contributed by atoms with E-state index in [1.165, 1.54) is 25.9 Å². The number of hydrogen-bond acceptors (Lipinski definition) is 5. The molecule has 0 spiro atoms. The van der Waals surface area contributed by atoms with Gasteiger partial charge < -0.3 is 24.4 Å². The summed E-state index contributed by atoms with van der Waals surface area (Å²) >= 11 is 0. The van der Waals surface area contributed by atoms with E-state index in [1.807, 2.05) is 12.1 Å². The number of likely N-dealkylation sites (N-methyl/N-ethyl adjacent to an activating group) is 1. The van der Waals surface area contributed by atoms with E-state index in [2.05, 4.69) is 16.8 Å². The van der Waals surface area contributed by atoms with Crippen LogP contribution in [0.1, 0.15) is 18.4 Å². The Morgan fingerprint density at radius 1 is 1.14 bits per heavy atom. The van der Waals surface area contributed by atoms with Crippen LogP contribution in [0.2, 0.25) is 0 Å². The summed E-state index contributed by atoms with van der Waals surface area (Å²) < 4.78 is 10.4. The minimum Gasteiger partial charge on any atom is -0.502 e. The molecule has 5 heteroatoms. The highest BCUT2D eigenvalue weighted by molar-refractivity contribution is 5.52. The van der Waals surface area contributed by atoms with Crippen molar-refractivity contribution in [3.63, 3.8) is 0 Å². The van der Waals surface area contributed by atoms with Crippen molar-refractivity contribution in [3.05, 3.63) is 17.7 Å². The zero-order valence-corrected chi connectivity index (χ0v) is 13.3. The molecule has 1 aliphatic rings. The number of hydrogen-bond donors (Lipinski definition) is 1. The van der Waals surface area contributed by atoms with Gasteiger partial charge in [0.1, 0.15) is 0 Å². The zero-order valence-electron chi connectivity index (χ0n) is 13.3. The molecule has 0 saturated carbocycles. The topological polar surface area (TPSA) is 45.2 Å². The van der Waals surface area contributed by atoms with Gasteiger partial charge in [0.15, 0.2) is 11.5 Å². The molecule has 2 rings (SSSR count). The Balaban J connectivity index is 1.94. The molecular formula is C16H26N2O3. The summed E-state index contributed by atoms with van der Waals surface area (Å²) in [6, 6.07) is 3.73. The number of phenolic OH excluding ortho intramolecular Hbond substituents is 1. The lowest BCUT2D eigenvalue weighted by Gasteiger charge is -2.22. The van der Waals surface area contributed by atoms with Gasteiger partial charge in [0.05, 0.1) is 14.2 Å². The van der Waals surface area contributed by atoms with Crippen molar-refractivity contribution in [2.45, 2.75) is 19.4 Å². The lowest BCUT2D eigenvalue weighted by Crippen LogP contribution is -2.31. The number of nitrogens with zero attached hydrogens (tertiary/aromatic N) is 2. The average Bonchev–Trinajstić information content (AvgIpc) is 3.00. The normalized spacial score (nSPS) is 15.6. The van der Waals surface area contributed by atoms with Crippen LogP contribution >= 0.6 is 0 Å². The average molecular weight is 294 g/mol. The van der Waals surface area contributed by atoms with Crippen LogP contribution in [0.5, 0.6) is 17.2 Å². The van der Waals surface area contributed by atoms with Gasteiger partial charge in [0.2, 0.25) is 5.75 Å². The molecule has 0 bridgehead atoms. The van der Waals surface area contributed by atoms with Crippen LogP contribution in [0.15, 0.2) is 12.1 Å². The van der Waals surface area contributed by atoms with Crippen molar-refractivity contribution in [2.24, 2.45) is 0 Å². The monoisotopic (exact) mass is 294 g/mol. The second-order valence-corrected chi connectivity index (χ2v) is 5.64. The van der Waals surface area contributed by atoms with E-state index in [0.29, 0.717) is 11.5 Å². The zero-order chi connectivity index (χ0) is 15.2. The highest BCUT2D eigenvalue weighted by Gasteiger charge is 2.14. The molecule has 21 heavy (non-hydrogen) atoms. The van der Waals surface area contributed by atoms with Crippen molar-refractivity contribution in [1.82, 2.24) is 9.80 Å². The number of ether oxygens (including phenoxy) is 2. The first-order chi connectivity index (χ1) is 10.1. The van der Waals surface area contributed by atoms with E-state index in [-0.39, 0.29) is 5.75 Å². The maximum Gasteiger partial charge on any atom is 0.200 e. The number of aromatic hydroxyl groups is 1. The number of benzene rings is 1. The molecule has 5 nitrogen and oxygen atoms in total. The Morgan fingerprint density at radius 3 is 2.24 bits per heavy atom. The minimum atomic E-state index is 0.0588. The van der Waals surface area contributed by atoms with Gasteiger partial charge >= 0.3 is 0 Å². The lowest BCUT2D eigenvalue weighted by molar-refractivity contribution is 0.251. The maximum atomic E-state index is 9.92. The molecule has 1 aliphatic heterocycles. The number of phenols is 1. The molecule has 0 atom stereocenters. The van der Waals surface area contributed by atoms with Crippen LogP contribution in [-0.2, 0) is 6.54 Å². The lowest BCUT2D eigenvalue weighted by atomic mass is 10.1. The van der Waals surface area contributed by atoms with E-state index in [1.54, 1.807) is 14.2 Å². The molecule has 0 radical (unpaired) electrons. The first-order valence-electron chi connectivity index (χ1n) is 7.48. The Hall–Kier alpha value is -1.46. The summed E-state index contributed by atoms with van der Waals surface area (Å²) in [5.41, 5.74) is 1.07. The fourth-order valence-corrected chi connectivity index (χ4v) is 2.75. The second kappa shape index (κ2) is 7.52. The molecule has 0 aliphatic carbocycles. The van der Waals surface area contributed by atoms with Crippen molar-refractivity contribution in [1.29, 1.82) is 0 Å². The van der Waals surface area contributed by atoms with Gasteiger partial charge in [-0.15, -0.1) is 0 Å². The summed E-state index contributed by atoms with van der Waals surface area (Å²) in [6.07, 6.45) is 2.66. The molecule has 0 unspecified atom stereocenters. The number of likely N-dealkylation sites (tertiary alicyclic amines) is 1. The van der Waals surface area contributed by atoms with Crippen LogP contribution in [0.3, 0.4) is 0 Å². The molecule has 1 fully saturated rings. The van der Waals surface area contributed by atoms with E-state index in [9.17, 15) is 5.11 Å². The van der Waals surface area contributed by atoms with Crippen molar-refractivity contribution >= 4 is 0 Å². The smallest absolute Gasteiger partial charge is 0.200 e. The Morgan fingerprint density at radius 2 is 1.71 bits per heavy atom. The van der Waals surface area contributed by atoms with E-state index < -0.39 is 0 Å². The Bertz CT molecular complexity index is 434. The Labute approximate surface area is 127 Å². The van der Waals surface area contributed by atoms with Gasteiger partial charge in [0.25, 0.3) is 0 Å².